The van der Waals surface area contributed by atoms with Crippen molar-refractivity contribution in [2.75, 3.05) is 0 Å². The number of rotatable bonds is 2. The fraction of sp³-hybridized carbons (Fsp3) is 0. The predicted molar refractivity (Wildman–Crippen MR) is 42.4 cm³/mol. The molecule has 0 aromatic heterocycles. The van der Waals surface area contributed by atoms with Crippen LogP contribution in [-0.4, -0.2) is 25.9 Å². The average Bonchev–Trinajstić information content (AvgIpc) is 2.01. The van der Waals surface area contributed by atoms with E-state index in [4.69, 9.17) is 0 Å². The maximum absolute atomic E-state index is 10.5. The molecule has 0 atom stereocenters. The molecule has 0 amide bonds. The van der Waals surface area contributed by atoms with Gasteiger partial charge in [-0.15, -0.1) is 0 Å². The Kier molecular flexibility index (Phi) is 4.68. The van der Waals surface area contributed by atoms with Crippen molar-refractivity contribution in [3.05, 3.63) is 24.3 Å². The van der Waals surface area contributed by atoms with E-state index in [2.05, 4.69) is 0 Å². The largest absolute Gasteiger partial charge is 2.00 e. The van der Waals surface area contributed by atoms with Crippen LogP contribution in [0.25, 0.3) is 0 Å². The molecule has 0 N–H and O–H groups in total. The minimum atomic E-state index is -4.74. The van der Waals surface area contributed by atoms with E-state index in [9.17, 15) is 25.9 Å². The molecule has 1 aromatic rings. The molecule has 0 bridgehead atoms. The summed E-state index contributed by atoms with van der Waals surface area (Å²) < 4.78 is 62.8. The minimum absolute atomic E-state index is 0. The summed E-state index contributed by atoms with van der Waals surface area (Å²) in [5, 5.41) is 0. The second-order valence-electron chi connectivity index (χ2n) is 2.38. The molecular formula is C6H4AgO6S2. The molecule has 0 aliphatic rings. The summed E-state index contributed by atoms with van der Waals surface area (Å²) in [4.78, 5) is -1.48. The molecule has 0 saturated carbocycles. The molecule has 9 heteroatoms. The molecule has 0 aliphatic heterocycles. The summed E-state index contributed by atoms with van der Waals surface area (Å²) in [6.07, 6.45) is 0. The molecule has 0 aliphatic carbocycles. The third-order valence-corrected chi connectivity index (χ3v) is 3.05. The fourth-order valence-corrected chi connectivity index (χ4v) is 1.89. The summed E-state index contributed by atoms with van der Waals surface area (Å²) in [5.41, 5.74) is 0. The van der Waals surface area contributed by atoms with Crippen molar-refractivity contribution in [1.82, 2.24) is 0 Å². The second-order valence-corrected chi connectivity index (χ2v) is 5.14. The molecule has 0 fully saturated rings. The minimum Gasteiger partial charge on any atom is -0.744 e. The quantitative estimate of drug-likeness (QED) is 0.527. The van der Waals surface area contributed by atoms with Gasteiger partial charge in [-0.2, -0.15) is 0 Å². The van der Waals surface area contributed by atoms with Gasteiger partial charge in [0.1, 0.15) is 20.2 Å². The van der Waals surface area contributed by atoms with E-state index in [1.165, 1.54) is 0 Å². The Morgan fingerprint density at radius 1 is 0.867 bits per heavy atom. The Balaban J connectivity index is 0.00000196. The standard InChI is InChI=1S/C6H6O6S2.Ag/c7-13(8,9)5-2-1-3-6(4-5)14(10,11)12;/h1-4H,(H,7,8,9)(H,10,11,12);/q;+2/p-2. The van der Waals surface area contributed by atoms with Crippen LogP contribution in [0.5, 0.6) is 0 Å². The van der Waals surface area contributed by atoms with Gasteiger partial charge in [0.2, 0.25) is 0 Å². The Labute approximate surface area is 102 Å². The van der Waals surface area contributed by atoms with Crippen molar-refractivity contribution < 1.29 is 48.3 Å². The number of hydrogen-bond donors (Lipinski definition) is 0. The molecule has 6 nitrogen and oxygen atoms in total. The average molecular weight is 344 g/mol. The molecule has 1 rings (SSSR count). The first-order valence-corrected chi connectivity index (χ1v) is 6.05. The monoisotopic (exact) mass is 343 g/mol. The molecule has 0 unspecified atom stereocenters. The van der Waals surface area contributed by atoms with Crippen molar-refractivity contribution in [1.29, 1.82) is 0 Å². The van der Waals surface area contributed by atoms with Crippen LogP contribution in [0, 0.1) is 0 Å². The van der Waals surface area contributed by atoms with E-state index in [0.29, 0.717) is 6.07 Å². The van der Waals surface area contributed by atoms with Crippen LogP contribution in [0.4, 0.5) is 0 Å². The maximum atomic E-state index is 10.5. The van der Waals surface area contributed by atoms with E-state index >= 15 is 0 Å². The summed E-state index contributed by atoms with van der Waals surface area (Å²) in [5.74, 6) is 0. The third kappa shape index (κ3) is 4.03. The van der Waals surface area contributed by atoms with Gasteiger partial charge in [0.15, 0.2) is 0 Å². The zero-order valence-corrected chi connectivity index (χ0v) is 9.99. The van der Waals surface area contributed by atoms with Crippen LogP contribution < -0.4 is 0 Å². The Morgan fingerprint density at radius 3 is 1.47 bits per heavy atom. The van der Waals surface area contributed by atoms with Crippen LogP contribution in [0.15, 0.2) is 34.1 Å². The van der Waals surface area contributed by atoms with Crippen LogP contribution in [0.3, 0.4) is 0 Å². The first-order valence-electron chi connectivity index (χ1n) is 3.23. The summed E-state index contributed by atoms with van der Waals surface area (Å²) in [6.45, 7) is 0. The third-order valence-electron chi connectivity index (χ3n) is 1.38. The molecule has 15 heavy (non-hydrogen) atoms. The summed E-state index contributed by atoms with van der Waals surface area (Å²) in [7, 11) is -9.48. The molecular weight excluding hydrogens is 340 g/mol. The topological polar surface area (TPSA) is 114 Å². The van der Waals surface area contributed by atoms with Crippen molar-refractivity contribution in [2.24, 2.45) is 0 Å². The molecule has 1 radical (unpaired) electrons. The van der Waals surface area contributed by atoms with Crippen molar-refractivity contribution >= 4 is 20.2 Å². The predicted octanol–water partition coefficient (Wildman–Crippen LogP) is -0.508. The smallest absolute Gasteiger partial charge is 0.744 e. The Bertz CT molecular complexity index is 499. The second kappa shape index (κ2) is 4.74. The number of benzene rings is 1. The van der Waals surface area contributed by atoms with E-state index in [1.807, 2.05) is 0 Å². The van der Waals surface area contributed by atoms with Gasteiger partial charge in [0.25, 0.3) is 0 Å². The van der Waals surface area contributed by atoms with E-state index in [1.54, 1.807) is 0 Å². The van der Waals surface area contributed by atoms with Gasteiger partial charge in [-0.3, -0.25) is 0 Å². The maximum Gasteiger partial charge on any atom is 2.00 e. The van der Waals surface area contributed by atoms with Gasteiger partial charge in [-0.05, 0) is 18.2 Å². The molecule has 0 spiro atoms. The van der Waals surface area contributed by atoms with Crippen LogP contribution in [-0.2, 0) is 42.6 Å². The molecule has 1 aromatic carbocycles. The van der Waals surface area contributed by atoms with E-state index < -0.39 is 30.0 Å². The van der Waals surface area contributed by atoms with Gasteiger partial charge in [-0.1, -0.05) is 6.07 Å². The zero-order chi connectivity index (χ0) is 11.0. The molecule has 87 valence electrons. The van der Waals surface area contributed by atoms with Gasteiger partial charge < -0.3 is 9.11 Å². The van der Waals surface area contributed by atoms with Crippen LogP contribution in [0.2, 0.25) is 0 Å². The summed E-state index contributed by atoms with van der Waals surface area (Å²) in [6, 6.07) is 3.37. The number of hydrogen-bond acceptors (Lipinski definition) is 6. The Hall–Kier alpha value is -0.220. The van der Waals surface area contributed by atoms with Crippen LogP contribution >= 0.6 is 0 Å². The van der Waals surface area contributed by atoms with Crippen molar-refractivity contribution in [3.63, 3.8) is 0 Å². The first-order chi connectivity index (χ1) is 6.21. The fourth-order valence-electron chi connectivity index (χ4n) is 0.785. The van der Waals surface area contributed by atoms with Gasteiger partial charge >= 0.3 is 22.4 Å². The van der Waals surface area contributed by atoms with Crippen LogP contribution in [0.1, 0.15) is 0 Å². The normalized spacial score (nSPS) is 11.9. The molecule has 0 heterocycles. The van der Waals surface area contributed by atoms with Gasteiger partial charge in [0.05, 0.1) is 9.79 Å². The SMILES string of the molecule is O=S(=O)([O-])c1cccc(S(=O)(=O)[O-])c1.[Ag+2]. The molecule has 0 saturated heterocycles. The van der Waals surface area contributed by atoms with Gasteiger partial charge in [0, 0.05) is 0 Å². The van der Waals surface area contributed by atoms with E-state index in [-0.39, 0.29) is 22.4 Å². The Morgan fingerprint density at radius 2 is 1.20 bits per heavy atom. The zero-order valence-electron chi connectivity index (χ0n) is 6.88. The summed E-state index contributed by atoms with van der Waals surface area (Å²) >= 11 is 0. The van der Waals surface area contributed by atoms with Crippen molar-refractivity contribution in [2.45, 2.75) is 9.79 Å². The van der Waals surface area contributed by atoms with Gasteiger partial charge in [-0.25, -0.2) is 16.8 Å². The van der Waals surface area contributed by atoms with E-state index in [0.717, 1.165) is 18.2 Å². The van der Waals surface area contributed by atoms with Crippen molar-refractivity contribution in [3.8, 4) is 0 Å². The first kappa shape index (κ1) is 14.8.